The van der Waals surface area contributed by atoms with Crippen molar-refractivity contribution in [2.45, 2.75) is 24.3 Å². The van der Waals surface area contributed by atoms with Gasteiger partial charge in [-0.15, -0.1) is 0 Å². The molecular formula is C12H19N3O3S. The van der Waals surface area contributed by atoms with E-state index in [-0.39, 0.29) is 10.9 Å². The molecule has 0 saturated carbocycles. The smallest absolute Gasteiger partial charge is 0.240 e. The number of anilines is 2. The van der Waals surface area contributed by atoms with Crippen molar-refractivity contribution in [3.63, 3.8) is 0 Å². The topological polar surface area (TPSA) is 93.5 Å². The third-order valence-electron chi connectivity index (χ3n) is 2.96. The first-order valence-electron chi connectivity index (χ1n) is 6.26. The number of ether oxygens (including phenoxy) is 1. The third kappa shape index (κ3) is 3.37. The SMILES string of the molecule is CCNS(=O)(=O)c1ccc(N)c(NC2CCOC2)c1. The Hall–Kier alpha value is -1.31. The van der Waals surface area contributed by atoms with Gasteiger partial charge in [-0.25, -0.2) is 13.1 Å². The van der Waals surface area contributed by atoms with Gasteiger partial charge < -0.3 is 15.8 Å². The summed E-state index contributed by atoms with van der Waals surface area (Å²) in [6.07, 6.45) is 0.892. The molecule has 0 aromatic heterocycles. The monoisotopic (exact) mass is 285 g/mol. The summed E-state index contributed by atoms with van der Waals surface area (Å²) in [5.41, 5.74) is 7.03. The van der Waals surface area contributed by atoms with Gasteiger partial charge in [0.1, 0.15) is 0 Å². The highest BCUT2D eigenvalue weighted by atomic mass is 32.2. The van der Waals surface area contributed by atoms with Crippen molar-refractivity contribution in [3.8, 4) is 0 Å². The molecule has 1 heterocycles. The lowest BCUT2D eigenvalue weighted by Crippen LogP contribution is -2.24. The van der Waals surface area contributed by atoms with Gasteiger partial charge in [-0.1, -0.05) is 6.92 Å². The van der Waals surface area contributed by atoms with Crippen LogP contribution in [-0.2, 0) is 14.8 Å². The van der Waals surface area contributed by atoms with Crippen LogP contribution < -0.4 is 15.8 Å². The minimum absolute atomic E-state index is 0.180. The van der Waals surface area contributed by atoms with E-state index in [0.717, 1.165) is 6.42 Å². The zero-order valence-corrected chi connectivity index (χ0v) is 11.7. The van der Waals surface area contributed by atoms with Crippen LogP contribution in [0, 0.1) is 0 Å². The predicted octanol–water partition coefficient (Wildman–Crippen LogP) is 0.768. The second-order valence-electron chi connectivity index (χ2n) is 4.46. The first kappa shape index (κ1) is 14.1. The van der Waals surface area contributed by atoms with Gasteiger partial charge >= 0.3 is 0 Å². The molecule has 1 aliphatic heterocycles. The molecule has 6 nitrogen and oxygen atoms in total. The van der Waals surface area contributed by atoms with Crippen molar-refractivity contribution in [3.05, 3.63) is 18.2 Å². The van der Waals surface area contributed by atoms with E-state index in [0.29, 0.717) is 31.1 Å². The van der Waals surface area contributed by atoms with E-state index in [4.69, 9.17) is 10.5 Å². The van der Waals surface area contributed by atoms with Crippen LogP contribution in [0.1, 0.15) is 13.3 Å². The van der Waals surface area contributed by atoms with Gasteiger partial charge in [0.25, 0.3) is 0 Å². The van der Waals surface area contributed by atoms with Gasteiger partial charge in [0.15, 0.2) is 0 Å². The molecular weight excluding hydrogens is 266 g/mol. The fourth-order valence-electron chi connectivity index (χ4n) is 1.97. The molecule has 1 aliphatic rings. The first-order chi connectivity index (χ1) is 9.03. The lowest BCUT2D eigenvalue weighted by Gasteiger charge is -2.15. The van der Waals surface area contributed by atoms with Gasteiger partial charge in [0, 0.05) is 13.2 Å². The summed E-state index contributed by atoms with van der Waals surface area (Å²) in [4.78, 5) is 0.213. The molecule has 1 unspecified atom stereocenters. The molecule has 2 rings (SSSR count). The number of hydrogen-bond acceptors (Lipinski definition) is 5. The van der Waals surface area contributed by atoms with Crippen LogP contribution in [0.2, 0.25) is 0 Å². The molecule has 0 bridgehead atoms. The maximum absolute atomic E-state index is 11.9. The molecule has 4 N–H and O–H groups in total. The molecule has 0 spiro atoms. The highest BCUT2D eigenvalue weighted by Gasteiger charge is 2.18. The molecule has 19 heavy (non-hydrogen) atoms. The van der Waals surface area contributed by atoms with Crippen LogP contribution in [0.3, 0.4) is 0 Å². The van der Waals surface area contributed by atoms with E-state index in [9.17, 15) is 8.42 Å². The molecule has 1 aromatic carbocycles. The average molecular weight is 285 g/mol. The molecule has 7 heteroatoms. The number of nitrogen functional groups attached to an aromatic ring is 1. The van der Waals surface area contributed by atoms with Gasteiger partial charge in [-0.05, 0) is 24.6 Å². The van der Waals surface area contributed by atoms with E-state index < -0.39 is 10.0 Å². The Morgan fingerprint density at radius 3 is 2.89 bits per heavy atom. The van der Waals surface area contributed by atoms with Crippen molar-refractivity contribution in [1.29, 1.82) is 0 Å². The van der Waals surface area contributed by atoms with E-state index in [1.54, 1.807) is 19.1 Å². The largest absolute Gasteiger partial charge is 0.397 e. The molecule has 0 amide bonds. The standard InChI is InChI=1S/C12H19N3O3S/c1-2-14-19(16,17)10-3-4-11(13)12(7-10)15-9-5-6-18-8-9/h3-4,7,9,14-15H,2,5-6,8,13H2,1H3. The zero-order chi connectivity index (χ0) is 13.9. The maximum atomic E-state index is 11.9. The second kappa shape index (κ2) is 5.77. The summed E-state index contributed by atoms with van der Waals surface area (Å²) in [5.74, 6) is 0. The highest BCUT2D eigenvalue weighted by molar-refractivity contribution is 7.89. The van der Waals surface area contributed by atoms with E-state index in [1.165, 1.54) is 6.07 Å². The maximum Gasteiger partial charge on any atom is 0.240 e. The Morgan fingerprint density at radius 2 is 2.26 bits per heavy atom. The third-order valence-corrected chi connectivity index (χ3v) is 4.50. The Balaban J connectivity index is 2.23. The average Bonchev–Trinajstić information content (AvgIpc) is 2.84. The highest BCUT2D eigenvalue weighted by Crippen LogP contribution is 2.24. The van der Waals surface area contributed by atoms with Crippen molar-refractivity contribution in [2.75, 3.05) is 30.8 Å². The molecule has 1 atom stereocenters. The van der Waals surface area contributed by atoms with Crippen LogP contribution >= 0.6 is 0 Å². The lowest BCUT2D eigenvalue weighted by atomic mass is 10.2. The number of nitrogens with one attached hydrogen (secondary N) is 2. The predicted molar refractivity (Wildman–Crippen MR) is 74.6 cm³/mol. The van der Waals surface area contributed by atoms with Gasteiger partial charge in [0.05, 0.1) is 28.9 Å². The second-order valence-corrected chi connectivity index (χ2v) is 6.22. The summed E-state index contributed by atoms with van der Waals surface area (Å²) >= 11 is 0. The number of nitrogens with two attached hydrogens (primary N) is 1. The Kier molecular flexibility index (Phi) is 4.28. The Labute approximate surface area is 113 Å². The van der Waals surface area contributed by atoms with Crippen LogP contribution in [0.4, 0.5) is 11.4 Å². The molecule has 0 aliphatic carbocycles. The van der Waals surface area contributed by atoms with Gasteiger partial charge in [0.2, 0.25) is 10.0 Å². The Bertz CT molecular complexity index is 539. The summed E-state index contributed by atoms with van der Waals surface area (Å²) in [6, 6.07) is 4.84. The molecule has 106 valence electrons. The number of sulfonamides is 1. The zero-order valence-electron chi connectivity index (χ0n) is 10.8. The number of benzene rings is 1. The first-order valence-corrected chi connectivity index (χ1v) is 7.74. The van der Waals surface area contributed by atoms with Crippen molar-refractivity contribution < 1.29 is 13.2 Å². The molecule has 1 aromatic rings. The fourth-order valence-corrected chi connectivity index (χ4v) is 3.04. The quantitative estimate of drug-likeness (QED) is 0.695. The summed E-state index contributed by atoms with van der Waals surface area (Å²) in [6.45, 7) is 3.42. The van der Waals surface area contributed by atoms with Crippen molar-refractivity contribution >= 4 is 21.4 Å². The van der Waals surface area contributed by atoms with Crippen LogP contribution in [-0.4, -0.2) is 34.2 Å². The summed E-state index contributed by atoms with van der Waals surface area (Å²) in [5, 5.41) is 3.22. The van der Waals surface area contributed by atoms with E-state index in [1.807, 2.05) is 0 Å². The Morgan fingerprint density at radius 1 is 1.47 bits per heavy atom. The summed E-state index contributed by atoms with van der Waals surface area (Å²) in [7, 11) is -3.46. The normalized spacial score (nSPS) is 19.5. The van der Waals surface area contributed by atoms with Crippen LogP contribution in [0.5, 0.6) is 0 Å². The van der Waals surface area contributed by atoms with Crippen molar-refractivity contribution in [1.82, 2.24) is 4.72 Å². The fraction of sp³-hybridized carbons (Fsp3) is 0.500. The molecule has 0 radical (unpaired) electrons. The van der Waals surface area contributed by atoms with Gasteiger partial charge in [-0.2, -0.15) is 0 Å². The number of rotatable bonds is 5. The lowest BCUT2D eigenvalue weighted by molar-refractivity contribution is 0.195. The van der Waals surface area contributed by atoms with E-state index in [2.05, 4.69) is 10.0 Å². The van der Waals surface area contributed by atoms with Gasteiger partial charge in [-0.3, -0.25) is 0 Å². The van der Waals surface area contributed by atoms with Crippen LogP contribution in [0.15, 0.2) is 23.1 Å². The number of hydrogen-bond donors (Lipinski definition) is 3. The molecule has 1 fully saturated rings. The molecule has 1 saturated heterocycles. The van der Waals surface area contributed by atoms with E-state index >= 15 is 0 Å². The minimum Gasteiger partial charge on any atom is -0.397 e. The van der Waals surface area contributed by atoms with Crippen LogP contribution in [0.25, 0.3) is 0 Å². The minimum atomic E-state index is -3.46. The van der Waals surface area contributed by atoms with Crippen molar-refractivity contribution in [2.24, 2.45) is 0 Å². The summed E-state index contributed by atoms with van der Waals surface area (Å²) < 4.78 is 31.6.